The Morgan fingerprint density at radius 3 is 0.857 bits per heavy atom. The molecule has 0 aliphatic carbocycles. The van der Waals surface area contributed by atoms with Crippen molar-refractivity contribution >= 4 is 78.8 Å². The fourth-order valence-electron chi connectivity index (χ4n) is 4.65. The van der Waals surface area contributed by atoms with Gasteiger partial charge in [-0.05, 0) is 116 Å². The van der Waals surface area contributed by atoms with Crippen LogP contribution in [0.1, 0.15) is 160 Å². The molecule has 0 bridgehead atoms. The van der Waals surface area contributed by atoms with Crippen molar-refractivity contribution in [2.75, 3.05) is 48.3 Å². The number of rotatable bonds is 9. The molecule has 91 heavy (non-hydrogen) atoms. The van der Waals surface area contributed by atoms with Gasteiger partial charge in [0.25, 0.3) is 0 Å². The molecule has 0 unspecified atom stereocenters. The van der Waals surface area contributed by atoms with E-state index < -0.39 is 12.1 Å². The fourth-order valence-corrected chi connectivity index (χ4v) is 4.65. The number of hydrogen-bond donors (Lipinski definition) is 10. The maximum absolute atomic E-state index is 12.8. The molecule has 0 saturated carbocycles. The number of hydrogen-bond acceptors (Lipinski definition) is 21. The van der Waals surface area contributed by atoms with Crippen LogP contribution in [0.3, 0.4) is 0 Å². The maximum atomic E-state index is 12.8. The summed E-state index contributed by atoms with van der Waals surface area (Å²) in [5.41, 5.74) is 21.8. The van der Waals surface area contributed by atoms with Crippen LogP contribution in [0.4, 0.5) is 0 Å². The Bertz CT molecular complexity index is 1510. The van der Waals surface area contributed by atoms with E-state index in [1.165, 1.54) is 57.6 Å². The van der Waals surface area contributed by atoms with E-state index in [0.29, 0.717) is 6.42 Å². The third-order valence-corrected chi connectivity index (χ3v) is 8.25. The fraction of sp³-hybridized carbons (Fsp3) is 0.552. The molecular weight excluding hydrogens is 1170 g/mol. The molecule has 0 spiro atoms. The van der Waals surface area contributed by atoms with Crippen molar-refractivity contribution in [3.8, 4) is 0 Å². The molecule has 3 aromatic rings. The van der Waals surface area contributed by atoms with Crippen LogP contribution < -0.4 is 52.9 Å². The van der Waals surface area contributed by atoms with Gasteiger partial charge in [-0.25, -0.2) is 0 Å². The molecule has 24 heteroatoms. The maximum Gasteiger partial charge on any atom is 0.244 e. The lowest BCUT2D eigenvalue weighted by Gasteiger charge is -2.31. The molecule has 3 aromatic carbocycles. The van der Waals surface area contributed by atoms with Crippen LogP contribution in [0.15, 0.2) is 91.0 Å². The number of carbonyl (C=O) groups is 12. The number of nitrogens with one attached hydrogen (secondary N) is 1. The standard InChI is InChI=1S/C20H29N3O3.2C8H10.C5H12.2C4H10.C3H8O.C2H6.4CH5N.9CH2O.4H3N/c1-15(20(26)23-12-8-5-9-13-23)21-19(25)18(22(3)16(2)24)14-17-10-6-4-7-11-17;2*1-2-8-6-4-3-5-7-8;1-4-5(2)3;2*1-4(2)3;1-3(2)4;14*1-2;;;;/h4,6-7,10-11,15,18H,5,8-9,12-14H2,1-3H3,(H,21,25);2*3-7H,2H2,1H3;5H,4H2,1-3H3;2*4H,1-3H3;3-4H,1-2H3;1-2H3;4*2H2,1H3;9*1H2;4*1H3/t15-,18-;;;;;;;;;;;;;;;;;;;;;;;;/m0......................../s1. The highest BCUT2D eigenvalue weighted by atomic mass is 16.3. The van der Waals surface area contributed by atoms with Gasteiger partial charge < -0.3 is 111 Å². The Morgan fingerprint density at radius 2 is 0.681 bits per heavy atom. The monoisotopic (exact) mass is 1310 g/mol. The first-order valence-corrected chi connectivity index (χ1v) is 28.3. The summed E-state index contributed by atoms with van der Waals surface area (Å²) >= 11 is 0. The number of nitrogens with zero attached hydrogens (tertiary/aromatic N) is 2. The quantitative estimate of drug-likeness (QED) is 0.0951. The van der Waals surface area contributed by atoms with Gasteiger partial charge in [0.1, 0.15) is 73.2 Å². The molecule has 546 valence electrons. The molecule has 4 rings (SSSR count). The Balaban J connectivity index is -0.0000000337. The van der Waals surface area contributed by atoms with Gasteiger partial charge in [0, 0.05) is 39.6 Å². The van der Waals surface area contributed by atoms with Gasteiger partial charge in [-0.1, -0.05) is 187 Å². The van der Waals surface area contributed by atoms with Gasteiger partial charge in [-0.3, -0.25) is 14.4 Å². The first-order chi connectivity index (χ1) is 41.7. The Labute approximate surface area is 556 Å². The molecule has 2 atom stereocenters. The smallest absolute Gasteiger partial charge is 0.244 e. The van der Waals surface area contributed by atoms with E-state index in [-0.39, 0.29) is 48.4 Å². The molecule has 1 fully saturated rings. The summed E-state index contributed by atoms with van der Waals surface area (Å²) in [7, 11) is 7.62. The highest BCUT2D eigenvalue weighted by Gasteiger charge is 2.29. The van der Waals surface area contributed by atoms with Crippen LogP contribution in [0.2, 0.25) is 0 Å². The lowest BCUT2D eigenvalue weighted by molar-refractivity contribution is -0.140. The second-order valence-electron chi connectivity index (χ2n) is 17.0. The van der Waals surface area contributed by atoms with Crippen molar-refractivity contribution in [1.29, 1.82) is 0 Å². The number of benzene rings is 3. The summed E-state index contributed by atoms with van der Waals surface area (Å²) in [4.78, 5) is 112. The summed E-state index contributed by atoms with van der Waals surface area (Å²) in [5, 5.41) is 10.9. The molecule has 1 heterocycles. The van der Waals surface area contributed by atoms with Gasteiger partial charge in [-0.2, -0.15) is 0 Å². The normalized spacial score (nSPS) is 8.76. The Morgan fingerprint density at radius 1 is 0.473 bits per heavy atom. The molecule has 24 nitrogen and oxygen atoms in total. The zero-order valence-electron chi connectivity index (χ0n) is 61.7. The molecule has 1 aliphatic rings. The minimum Gasteiger partial charge on any atom is -0.394 e. The number of likely N-dealkylation sites (tertiary alicyclic amines) is 1. The van der Waals surface area contributed by atoms with Gasteiger partial charge in [0.2, 0.25) is 17.7 Å². The van der Waals surface area contributed by atoms with E-state index in [2.05, 4.69) is 153 Å². The number of nitrogens with two attached hydrogens (primary N) is 4. The lowest BCUT2D eigenvalue weighted by Crippen LogP contribution is -2.54. The topological polar surface area (TPSA) is 488 Å². The lowest BCUT2D eigenvalue weighted by atomic mass is 10.0. The van der Waals surface area contributed by atoms with E-state index in [9.17, 15) is 14.4 Å². The molecule has 1 aliphatic heterocycles. The molecule has 3 amide bonds. The van der Waals surface area contributed by atoms with Crippen molar-refractivity contribution < 1.29 is 62.6 Å². The van der Waals surface area contributed by atoms with E-state index in [1.807, 2.05) is 122 Å². The largest absolute Gasteiger partial charge is 0.394 e. The summed E-state index contributed by atoms with van der Waals surface area (Å²) < 4.78 is 0. The molecule has 1 saturated heterocycles. The average Bonchev–Trinajstić information content (AvgIpc) is 3.59. The second kappa shape index (κ2) is 155. The van der Waals surface area contributed by atoms with Crippen molar-refractivity contribution in [3.05, 3.63) is 108 Å². The van der Waals surface area contributed by atoms with Crippen LogP contribution in [0, 0.1) is 17.8 Å². The minimum atomic E-state index is -0.647. The number of piperidine rings is 1. The van der Waals surface area contributed by atoms with Crippen molar-refractivity contribution in [2.45, 2.75) is 181 Å². The van der Waals surface area contributed by atoms with Crippen molar-refractivity contribution in [1.82, 2.24) is 39.7 Å². The zero-order valence-corrected chi connectivity index (χ0v) is 61.7. The van der Waals surface area contributed by atoms with Crippen LogP contribution in [0.25, 0.3) is 0 Å². The summed E-state index contributed by atoms with van der Waals surface area (Å²) in [6.07, 6.45) is 6.99. The predicted octanol–water partition coefficient (Wildman–Crippen LogP) is 10.2. The minimum absolute atomic E-state index is 0. The SMILES string of the molecule is C=O.C=O.C=O.C=O.C=O.C=O.C=O.C=O.C=O.CC.CC(=O)N(C)[C@@H](Cc1ccccc1)C(=O)N[C@@H](C)C(=O)N1CCCCC1.CC(C)C.CC(C)C.CC(C)O.CCC(C)C.CCc1ccccc1.CCc1ccccc1.CN.CN.CN.CN.N.N.N.N. The Kier molecular flexibility index (Phi) is 248. The Hall–Kier alpha value is -7.26. The number of likely N-dealkylation sites (N-methyl/N-ethyl adjacent to an activating group) is 1. The first-order valence-electron chi connectivity index (χ1n) is 28.3. The number of amides is 3. The van der Waals surface area contributed by atoms with Crippen LogP contribution in [0.5, 0.6) is 0 Å². The van der Waals surface area contributed by atoms with E-state index in [0.717, 1.165) is 68.5 Å². The predicted molar refractivity (Wildman–Crippen MR) is 392 cm³/mol. The number of aliphatic hydroxyl groups is 1. The molecule has 22 N–H and O–H groups in total. The first kappa shape index (κ1) is 146. The molecular formula is C67H145N11O13. The summed E-state index contributed by atoms with van der Waals surface area (Å²) in [5.74, 6) is 2.01. The van der Waals surface area contributed by atoms with Crippen LogP contribution >= 0.6 is 0 Å². The second-order valence-corrected chi connectivity index (χ2v) is 17.0. The highest BCUT2D eigenvalue weighted by molar-refractivity contribution is 5.91. The average molecular weight is 1310 g/mol. The van der Waals surface area contributed by atoms with Gasteiger partial charge >= 0.3 is 0 Å². The summed E-state index contributed by atoms with van der Waals surface area (Å²) in [6.45, 7) is 54.1. The third kappa shape index (κ3) is 156. The van der Waals surface area contributed by atoms with Crippen LogP contribution in [-0.4, -0.2) is 160 Å². The van der Waals surface area contributed by atoms with Crippen molar-refractivity contribution in [3.63, 3.8) is 0 Å². The van der Waals surface area contributed by atoms with Crippen LogP contribution in [-0.2, 0) is 76.8 Å². The zero-order chi connectivity index (χ0) is 73.8. The molecule has 0 radical (unpaired) electrons. The molecule has 0 aromatic heterocycles. The van der Waals surface area contributed by atoms with E-state index in [1.54, 1.807) is 27.8 Å². The number of aryl methyl sites for hydroxylation is 2. The van der Waals surface area contributed by atoms with Gasteiger partial charge in [0.15, 0.2) is 0 Å². The number of aliphatic hydroxyl groups excluding tert-OH is 1. The van der Waals surface area contributed by atoms with Gasteiger partial charge in [-0.15, -0.1) is 0 Å². The summed E-state index contributed by atoms with van der Waals surface area (Å²) in [6, 6.07) is 29.2. The van der Waals surface area contributed by atoms with Gasteiger partial charge in [0.05, 0.1) is 0 Å². The third-order valence-electron chi connectivity index (χ3n) is 8.25. The van der Waals surface area contributed by atoms with Crippen molar-refractivity contribution in [2.24, 2.45) is 40.7 Å². The number of carbonyl (C=O) groups excluding carboxylic acids is 12. The van der Waals surface area contributed by atoms with E-state index in [4.69, 9.17) is 48.3 Å². The van der Waals surface area contributed by atoms with E-state index >= 15 is 0 Å². The highest BCUT2D eigenvalue weighted by Crippen LogP contribution is 2.12.